The lowest BCUT2D eigenvalue weighted by atomic mass is 9.56. The predicted octanol–water partition coefficient (Wildman–Crippen LogP) is 4.18. The Kier molecular flexibility index (Phi) is 8.48. The molecule has 4 atom stereocenters. The molecule has 9 nitrogen and oxygen atoms in total. The van der Waals surface area contributed by atoms with Crippen LogP contribution >= 0.6 is 0 Å². The van der Waals surface area contributed by atoms with Crippen molar-refractivity contribution in [2.24, 2.45) is 17.1 Å². The quantitative estimate of drug-likeness (QED) is 0.478. The van der Waals surface area contributed by atoms with Crippen molar-refractivity contribution in [3.05, 3.63) is 76.6 Å². The number of rotatable bonds is 7. The molecule has 0 aliphatic carbocycles. The van der Waals surface area contributed by atoms with Crippen molar-refractivity contribution >= 4 is 23.6 Å². The molecule has 0 aromatic heterocycles. The summed E-state index contributed by atoms with van der Waals surface area (Å²) in [6, 6.07) is 10.4. The molecule has 0 fully saturated rings. The first kappa shape index (κ1) is 30.0. The molecule has 212 valence electrons. The van der Waals surface area contributed by atoms with Gasteiger partial charge in [0.25, 0.3) is 0 Å². The molecule has 3 N–H and O–H groups in total. The van der Waals surface area contributed by atoms with Crippen LogP contribution in [0.1, 0.15) is 43.4 Å². The summed E-state index contributed by atoms with van der Waals surface area (Å²) in [7, 11) is 1.07. The summed E-state index contributed by atoms with van der Waals surface area (Å²) in [5.41, 5.74) is 3.22. The number of aliphatic carboxylic acids is 1. The Bertz CT molecular complexity index is 1380. The molecule has 1 heterocycles. The normalized spacial score (nSPS) is 21.8. The maximum atomic E-state index is 13.6. The largest absolute Gasteiger partial charge is 0.481 e. The average Bonchev–Trinajstić information content (AvgIpc) is 2.91. The lowest BCUT2D eigenvalue weighted by Crippen LogP contribution is -2.63. The van der Waals surface area contributed by atoms with Crippen molar-refractivity contribution in [1.29, 1.82) is 5.26 Å². The number of carbonyl (C=O) groups excluding carboxylic acids is 2. The van der Waals surface area contributed by atoms with Crippen molar-refractivity contribution in [3.63, 3.8) is 0 Å². The lowest BCUT2D eigenvalue weighted by Gasteiger charge is -2.53. The van der Waals surface area contributed by atoms with E-state index >= 15 is 0 Å². The first-order valence-electron chi connectivity index (χ1n) is 12.2. The minimum atomic E-state index is -4.73. The third kappa shape index (κ3) is 4.95. The Morgan fingerprint density at radius 1 is 1.20 bits per heavy atom. The van der Waals surface area contributed by atoms with Gasteiger partial charge in [-0.2, -0.15) is 18.4 Å². The number of anilines is 1. The molecule has 40 heavy (non-hydrogen) atoms. The SMILES string of the molecule is CCOC(=O)C1=C(N)N(c2cccc(C(F)(F)F)c2)C(C)C(C(=O)O)([C@H](C)C(=O)OC)C1c1ccc(C#N)cc1. The van der Waals surface area contributed by atoms with Crippen molar-refractivity contribution < 1.29 is 42.1 Å². The minimum Gasteiger partial charge on any atom is -0.481 e. The number of nitriles is 1. The number of carboxylic acids is 1. The fourth-order valence-electron chi connectivity index (χ4n) is 5.47. The number of benzene rings is 2. The van der Waals surface area contributed by atoms with E-state index in [0.717, 1.165) is 30.2 Å². The number of nitrogens with two attached hydrogens (primary N) is 1. The Morgan fingerprint density at radius 2 is 1.82 bits per heavy atom. The van der Waals surface area contributed by atoms with E-state index in [-0.39, 0.29) is 34.8 Å². The topological polar surface area (TPSA) is 143 Å². The highest BCUT2D eigenvalue weighted by Crippen LogP contribution is 2.56. The van der Waals surface area contributed by atoms with Gasteiger partial charge in [-0.15, -0.1) is 0 Å². The van der Waals surface area contributed by atoms with Gasteiger partial charge >= 0.3 is 24.1 Å². The van der Waals surface area contributed by atoms with Gasteiger partial charge in [0.1, 0.15) is 11.2 Å². The van der Waals surface area contributed by atoms with Crippen LogP contribution in [0.25, 0.3) is 0 Å². The van der Waals surface area contributed by atoms with Gasteiger partial charge in [-0.05, 0) is 49.7 Å². The lowest BCUT2D eigenvalue weighted by molar-refractivity contribution is -0.167. The summed E-state index contributed by atoms with van der Waals surface area (Å²) in [5.74, 6) is -6.69. The first-order valence-corrected chi connectivity index (χ1v) is 12.2. The van der Waals surface area contributed by atoms with Crippen LogP contribution in [-0.4, -0.2) is 42.8 Å². The van der Waals surface area contributed by atoms with E-state index in [9.17, 15) is 37.9 Å². The third-order valence-electron chi connectivity index (χ3n) is 7.34. The Morgan fingerprint density at radius 3 is 2.33 bits per heavy atom. The number of carboxylic acid groups (broad SMARTS) is 1. The number of ether oxygens (including phenoxy) is 2. The number of hydrogen-bond donors (Lipinski definition) is 2. The van der Waals surface area contributed by atoms with Crippen molar-refractivity contribution in [2.75, 3.05) is 18.6 Å². The van der Waals surface area contributed by atoms with Crippen molar-refractivity contribution in [1.82, 2.24) is 0 Å². The summed E-state index contributed by atoms with van der Waals surface area (Å²) in [6.45, 7) is 4.10. The highest BCUT2D eigenvalue weighted by molar-refractivity contribution is 5.97. The Hall–Kier alpha value is -4.53. The van der Waals surface area contributed by atoms with Gasteiger partial charge < -0.3 is 25.2 Å². The third-order valence-corrected chi connectivity index (χ3v) is 7.34. The van der Waals surface area contributed by atoms with Gasteiger partial charge in [0.2, 0.25) is 0 Å². The van der Waals surface area contributed by atoms with Crippen LogP contribution in [0.4, 0.5) is 18.9 Å². The Labute approximate surface area is 228 Å². The van der Waals surface area contributed by atoms with Gasteiger partial charge in [0, 0.05) is 11.6 Å². The number of alkyl halides is 3. The molecular formula is C28H28F3N3O6. The molecule has 0 radical (unpaired) electrons. The monoisotopic (exact) mass is 559 g/mol. The van der Waals surface area contributed by atoms with Crippen LogP contribution in [0.5, 0.6) is 0 Å². The molecule has 2 aromatic carbocycles. The zero-order chi connectivity index (χ0) is 30.0. The van der Waals surface area contributed by atoms with Crippen LogP contribution in [0.3, 0.4) is 0 Å². The van der Waals surface area contributed by atoms with Crippen LogP contribution in [0, 0.1) is 22.7 Å². The average molecular weight is 560 g/mol. The highest BCUT2D eigenvalue weighted by Gasteiger charge is 2.64. The number of hydrogen-bond acceptors (Lipinski definition) is 8. The van der Waals surface area contributed by atoms with Crippen molar-refractivity contribution in [3.8, 4) is 6.07 Å². The van der Waals surface area contributed by atoms with Crippen LogP contribution < -0.4 is 10.6 Å². The number of esters is 2. The molecule has 1 aliphatic heterocycles. The van der Waals surface area contributed by atoms with Gasteiger partial charge in [-0.3, -0.25) is 9.59 Å². The van der Waals surface area contributed by atoms with E-state index in [0.29, 0.717) is 0 Å². The van der Waals surface area contributed by atoms with Gasteiger partial charge in [-0.1, -0.05) is 25.1 Å². The molecule has 0 spiro atoms. The zero-order valence-electron chi connectivity index (χ0n) is 22.2. The molecule has 3 unspecified atom stereocenters. The zero-order valence-corrected chi connectivity index (χ0v) is 22.2. The molecule has 0 bridgehead atoms. The minimum absolute atomic E-state index is 0.124. The summed E-state index contributed by atoms with van der Waals surface area (Å²) in [5, 5.41) is 20.2. The van der Waals surface area contributed by atoms with Crippen molar-refractivity contribution in [2.45, 2.75) is 38.9 Å². The van der Waals surface area contributed by atoms with E-state index in [4.69, 9.17) is 15.2 Å². The number of nitrogens with zero attached hydrogens (tertiary/aromatic N) is 2. The van der Waals surface area contributed by atoms with Crippen LogP contribution in [0.15, 0.2) is 59.9 Å². The summed E-state index contributed by atoms with van der Waals surface area (Å²) in [4.78, 5) is 41.0. The highest BCUT2D eigenvalue weighted by atomic mass is 19.4. The van der Waals surface area contributed by atoms with E-state index in [1.54, 1.807) is 0 Å². The number of halogens is 3. The number of carbonyl (C=O) groups is 3. The fourth-order valence-corrected chi connectivity index (χ4v) is 5.47. The molecule has 1 aliphatic rings. The fraction of sp³-hybridized carbons (Fsp3) is 0.357. The summed E-state index contributed by atoms with van der Waals surface area (Å²) < 4.78 is 51.0. The van der Waals surface area contributed by atoms with E-state index in [1.165, 1.54) is 51.1 Å². The molecule has 2 aromatic rings. The summed E-state index contributed by atoms with van der Waals surface area (Å²) in [6.07, 6.45) is -4.73. The summed E-state index contributed by atoms with van der Waals surface area (Å²) >= 11 is 0. The maximum Gasteiger partial charge on any atom is 0.416 e. The second kappa shape index (κ2) is 11.3. The van der Waals surface area contributed by atoms with E-state index < -0.39 is 52.9 Å². The molecule has 3 rings (SSSR count). The van der Waals surface area contributed by atoms with Gasteiger partial charge in [-0.25, -0.2) is 4.79 Å². The molecule has 0 saturated carbocycles. The Balaban J connectivity index is 2.51. The van der Waals surface area contributed by atoms with Gasteiger partial charge in [0.05, 0.1) is 48.4 Å². The van der Waals surface area contributed by atoms with Crippen LogP contribution in [0.2, 0.25) is 0 Å². The maximum absolute atomic E-state index is 13.6. The predicted molar refractivity (Wildman–Crippen MR) is 136 cm³/mol. The molecule has 0 amide bonds. The molecule has 0 saturated heterocycles. The number of methoxy groups -OCH3 is 1. The van der Waals surface area contributed by atoms with E-state index in [2.05, 4.69) is 0 Å². The van der Waals surface area contributed by atoms with Crippen LogP contribution in [-0.2, 0) is 30.0 Å². The smallest absolute Gasteiger partial charge is 0.416 e. The second-order valence-electron chi connectivity index (χ2n) is 9.26. The van der Waals surface area contributed by atoms with E-state index in [1.807, 2.05) is 6.07 Å². The van der Waals surface area contributed by atoms with Gasteiger partial charge in [0.15, 0.2) is 0 Å². The molecule has 12 heteroatoms. The molecular weight excluding hydrogens is 531 g/mol. The standard InChI is InChI=1S/C28H28F3N3O6/c1-5-40-25(36)21-22(18-11-9-17(14-32)10-12-18)27(26(37)38,15(2)24(35)39-4)16(3)34(23(21)33)20-8-6-7-19(13-20)28(29,30)31/h6-13,15-16,22H,5,33H2,1-4H3,(H,37,38)/t15-,16?,22?,27?/m1/s1. The second-order valence-corrected chi connectivity index (χ2v) is 9.26. The first-order chi connectivity index (χ1) is 18.8.